The molecule has 0 saturated heterocycles. The monoisotopic (exact) mass is 330 g/mol. The summed E-state index contributed by atoms with van der Waals surface area (Å²) in [7, 11) is 1.72. The average Bonchev–Trinajstić information content (AvgIpc) is 2.68. The molecule has 0 saturated carbocycles. The number of benzene rings is 3. The lowest BCUT2D eigenvalue weighted by molar-refractivity contribution is 0.412. The zero-order chi connectivity index (χ0) is 17.2. The van der Waals surface area contributed by atoms with E-state index < -0.39 is 0 Å². The number of ether oxygens (including phenoxy) is 1. The number of fused-ring (bicyclic) bond motifs is 1. The van der Waals surface area contributed by atoms with Gasteiger partial charge in [0.2, 0.25) is 0 Å². The number of aryl methyl sites for hydroxylation is 1. The van der Waals surface area contributed by atoms with E-state index in [2.05, 4.69) is 60.7 Å². The van der Waals surface area contributed by atoms with Gasteiger partial charge in [-0.25, -0.2) is 0 Å². The number of hydrogen-bond acceptors (Lipinski definition) is 2. The van der Waals surface area contributed by atoms with E-state index >= 15 is 0 Å². The van der Waals surface area contributed by atoms with Crippen LogP contribution in [0.4, 0.5) is 0 Å². The number of phenols is 1. The zero-order valence-electron chi connectivity index (χ0n) is 14.4. The van der Waals surface area contributed by atoms with Crippen LogP contribution in [0.15, 0.2) is 72.8 Å². The second-order valence-corrected chi connectivity index (χ2v) is 6.69. The first kappa shape index (κ1) is 15.8. The Morgan fingerprint density at radius 2 is 1.64 bits per heavy atom. The molecule has 3 aromatic carbocycles. The van der Waals surface area contributed by atoms with Gasteiger partial charge in [-0.1, -0.05) is 48.5 Å². The fourth-order valence-electron chi connectivity index (χ4n) is 4.08. The second kappa shape index (κ2) is 6.64. The molecule has 1 N–H and O–H groups in total. The van der Waals surface area contributed by atoms with Crippen molar-refractivity contribution >= 4 is 0 Å². The SMILES string of the molecule is COc1ccc2c(c1)CC[C@H](c1ccccc1)C2c1ccc(O)cc1. The van der Waals surface area contributed by atoms with Crippen molar-refractivity contribution < 1.29 is 9.84 Å². The van der Waals surface area contributed by atoms with Crippen molar-refractivity contribution in [1.82, 2.24) is 0 Å². The molecule has 0 heterocycles. The minimum Gasteiger partial charge on any atom is -0.508 e. The Labute approximate surface area is 148 Å². The van der Waals surface area contributed by atoms with Gasteiger partial charge in [0.25, 0.3) is 0 Å². The molecule has 1 aliphatic rings. The molecule has 1 aliphatic carbocycles. The maximum Gasteiger partial charge on any atom is 0.119 e. The normalized spacial score (nSPS) is 19.2. The van der Waals surface area contributed by atoms with E-state index in [-0.39, 0.29) is 5.92 Å². The molecular formula is C23H22O2. The van der Waals surface area contributed by atoms with Gasteiger partial charge in [-0.2, -0.15) is 0 Å². The van der Waals surface area contributed by atoms with E-state index in [1.807, 2.05) is 0 Å². The lowest BCUT2D eigenvalue weighted by Crippen LogP contribution is -2.20. The Morgan fingerprint density at radius 3 is 2.36 bits per heavy atom. The quantitative estimate of drug-likeness (QED) is 0.709. The van der Waals surface area contributed by atoms with Crippen molar-refractivity contribution in [2.24, 2.45) is 0 Å². The van der Waals surface area contributed by atoms with Crippen LogP contribution >= 0.6 is 0 Å². The Bertz CT molecular complexity index is 853. The molecule has 126 valence electrons. The molecule has 0 spiro atoms. The van der Waals surface area contributed by atoms with Gasteiger partial charge in [-0.15, -0.1) is 0 Å². The summed E-state index contributed by atoms with van der Waals surface area (Å²) < 4.78 is 5.42. The molecule has 2 nitrogen and oxygen atoms in total. The molecule has 3 aromatic rings. The van der Waals surface area contributed by atoms with Crippen molar-refractivity contribution in [3.63, 3.8) is 0 Å². The highest BCUT2D eigenvalue weighted by Crippen LogP contribution is 2.47. The molecule has 2 atom stereocenters. The van der Waals surface area contributed by atoms with Gasteiger partial charge in [0, 0.05) is 5.92 Å². The predicted molar refractivity (Wildman–Crippen MR) is 100 cm³/mol. The van der Waals surface area contributed by atoms with Gasteiger partial charge in [-0.3, -0.25) is 0 Å². The minimum atomic E-state index is 0.289. The van der Waals surface area contributed by atoms with Gasteiger partial charge < -0.3 is 9.84 Å². The van der Waals surface area contributed by atoms with Gasteiger partial charge in [-0.05, 0) is 65.3 Å². The van der Waals surface area contributed by atoms with E-state index in [9.17, 15) is 5.11 Å². The molecule has 0 aliphatic heterocycles. The Hall–Kier alpha value is -2.74. The Morgan fingerprint density at radius 1 is 0.880 bits per heavy atom. The van der Waals surface area contributed by atoms with Crippen LogP contribution in [0.3, 0.4) is 0 Å². The van der Waals surface area contributed by atoms with E-state index in [0.717, 1.165) is 18.6 Å². The minimum absolute atomic E-state index is 0.289. The number of phenolic OH excluding ortho intramolecular Hbond substituents is 1. The van der Waals surface area contributed by atoms with E-state index in [1.54, 1.807) is 19.2 Å². The van der Waals surface area contributed by atoms with Crippen LogP contribution in [0, 0.1) is 0 Å². The first-order valence-electron chi connectivity index (χ1n) is 8.77. The van der Waals surface area contributed by atoms with Crippen LogP contribution in [-0.2, 0) is 6.42 Å². The van der Waals surface area contributed by atoms with Crippen LogP contribution in [0.1, 0.15) is 40.5 Å². The molecule has 2 heteroatoms. The van der Waals surface area contributed by atoms with E-state index in [1.165, 1.54) is 22.3 Å². The maximum atomic E-state index is 9.69. The molecule has 0 radical (unpaired) electrons. The maximum absolute atomic E-state index is 9.69. The van der Waals surface area contributed by atoms with Gasteiger partial charge >= 0.3 is 0 Å². The summed E-state index contributed by atoms with van der Waals surface area (Å²) in [5.41, 5.74) is 5.36. The van der Waals surface area contributed by atoms with Crippen LogP contribution < -0.4 is 4.74 Å². The lowest BCUT2D eigenvalue weighted by Gasteiger charge is -2.35. The topological polar surface area (TPSA) is 29.5 Å². The number of methoxy groups -OCH3 is 1. The van der Waals surface area contributed by atoms with Gasteiger partial charge in [0.05, 0.1) is 7.11 Å². The number of rotatable bonds is 3. The summed E-state index contributed by atoms with van der Waals surface area (Å²) in [6, 6.07) is 24.9. The summed E-state index contributed by atoms with van der Waals surface area (Å²) in [4.78, 5) is 0. The molecule has 0 fully saturated rings. The summed E-state index contributed by atoms with van der Waals surface area (Å²) in [6.07, 6.45) is 2.16. The first-order chi connectivity index (χ1) is 12.3. The van der Waals surface area contributed by atoms with Crippen molar-refractivity contribution in [2.75, 3.05) is 7.11 Å². The Kier molecular flexibility index (Phi) is 4.19. The molecule has 0 aromatic heterocycles. The molecular weight excluding hydrogens is 308 g/mol. The summed E-state index contributed by atoms with van der Waals surface area (Å²) in [5.74, 6) is 1.96. The summed E-state index contributed by atoms with van der Waals surface area (Å²) >= 11 is 0. The number of hydrogen-bond donors (Lipinski definition) is 1. The first-order valence-corrected chi connectivity index (χ1v) is 8.77. The van der Waals surface area contributed by atoms with Gasteiger partial charge in [0.1, 0.15) is 11.5 Å². The van der Waals surface area contributed by atoms with Crippen LogP contribution in [0.5, 0.6) is 11.5 Å². The molecule has 1 unspecified atom stereocenters. The third-order valence-electron chi connectivity index (χ3n) is 5.29. The third-order valence-corrected chi connectivity index (χ3v) is 5.29. The average molecular weight is 330 g/mol. The number of aromatic hydroxyl groups is 1. The Balaban J connectivity index is 1.84. The van der Waals surface area contributed by atoms with Crippen LogP contribution in [-0.4, -0.2) is 12.2 Å². The highest BCUT2D eigenvalue weighted by molar-refractivity contribution is 5.48. The second-order valence-electron chi connectivity index (χ2n) is 6.69. The third kappa shape index (κ3) is 3.00. The van der Waals surface area contributed by atoms with Crippen LogP contribution in [0.2, 0.25) is 0 Å². The van der Waals surface area contributed by atoms with Crippen molar-refractivity contribution in [3.05, 3.63) is 95.1 Å². The standard InChI is InChI=1S/C23H22O2/c1-25-20-12-14-22-18(15-20)9-13-21(16-5-3-2-4-6-16)23(22)17-7-10-19(24)11-8-17/h2-8,10-12,14-15,21,23-24H,9,13H2,1H3/t21-,23?/m1/s1. The molecule has 4 rings (SSSR count). The molecule has 25 heavy (non-hydrogen) atoms. The molecule has 0 bridgehead atoms. The zero-order valence-corrected chi connectivity index (χ0v) is 14.4. The van der Waals surface area contributed by atoms with Crippen molar-refractivity contribution in [2.45, 2.75) is 24.7 Å². The predicted octanol–water partition coefficient (Wildman–Crippen LogP) is 5.26. The highest BCUT2D eigenvalue weighted by atomic mass is 16.5. The van der Waals surface area contributed by atoms with Gasteiger partial charge in [0.15, 0.2) is 0 Å². The lowest BCUT2D eigenvalue weighted by atomic mass is 9.69. The molecule has 0 amide bonds. The summed E-state index contributed by atoms with van der Waals surface area (Å²) in [5, 5.41) is 9.69. The largest absolute Gasteiger partial charge is 0.508 e. The fraction of sp³-hybridized carbons (Fsp3) is 0.217. The van der Waals surface area contributed by atoms with Crippen molar-refractivity contribution in [3.8, 4) is 11.5 Å². The highest BCUT2D eigenvalue weighted by Gasteiger charge is 2.32. The fourth-order valence-corrected chi connectivity index (χ4v) is 4.08. The van der Waals surface area contributed by atoms with Crippen LogP contribution in [0.25, 0.3) is 0 Å². The van der Waals surface area contributed by atoms with E-state index in [4.69, 9.17) is 4.74 Å². The van der Waals surface area contributed by atoms with Crippen molar-refractivity contribution in [1.29, 1.82) is 0 Å². The smallest absolute Gasteiger partial charge is 0.119 e. The van der Waals surface area contributed by atoms with E-state index in [0.29, 0.717) is 11.7 Å². The summed E-state index contributed by atoms with van der Waals surface area (Å²) in [6.45, 7) is 0.